The standard InChI is InChI=1S/C17H23NO3/c1-11-7-5-6-8-13(11)18-14(19)12-9-10-17(4,15(20)21)16(12,2)3/h5-8,12H,9-10H2,1-4H3,(H,18,19)(H,20,21)/p-1/t12-,17-/m0/s1. The minimum atomic E-state index is -1.07. The number of carbonyl (C=O) groups excluding carboxylic acids is 2. The number of carboxylic acids is 1. The zero-order valence-electron chi connectivity index (χ0n) is 13.0. The molecule has 1 aromatic carbocycles. The van der Waals surface area contributed by atoms with Crippen LogP contribution in [0.5, 0.6) is 0 Å². The van der Waals surface area contributed by atoms with Crippen LogP contribution in [-0.2, 0) is 9.59 Å². The van der Waals surface area contributed by atoms with Crippen LogP contribution in [0.15, 0.2) is 24.3 Å². The van der Waals surface area contributed by atoms with Gasteiger partial charge in [-0.3, -0.25) is 4.79 Å². The van der Waals surface area contributed by atoms with E-state index >= 15 is 0 Å². The highest BCUT2D eigenvalue weighted by atomic mass is 16.4. The molecule has 2 rings (SSSR count). The van der Waals surface area contributed by atoms with Gasteiger partial charge in [0.05, 0.1) is 0 Å². The van der Waals surface area contributed by atoms with E-state index in [0.29, 0.717) is 12.8 Å². The average molecular weight is 288 g/mol. The third kappa shape index (κ3) is 2.43. The van der Waals surface area contributed by atoms with Gasteiger partial charge in [0.2, 0.25) is 5.91 Å². The molecule has 1 aliphatic carbocycles. The Kier molecular flexibility index (Phi) is 3.83. The van der Waals surface area contributed by atoms with Crippen molar-refractivity contribution >= 4 is 17.6 Å². The Balaban J connectivity index is 2.22. The van der Waals surface area contributed by atoms with E-state index in [9.17, 15) is 14.7 Å². The lowest BCUT2D eigenvalue weighted by Crippen LogP contribution is -2.49. The second-order valence-corrected chi connectivity index (χ2v) is 6.74. The molecule has 0 heterocycles. The molecule has 114 valence electrons. The average Bonchev–Trinajstić information content (AvgIpc) is 2.64. The summed E-state index contributed by atoms with van der Waals surface area (Å²) in [5.41, 5.74) is 0.156. The third-order valence-corrected chi connectivity index (χ3v) is 5.40. The van der Waals surface area contributed by atoms with E-state index in [2.05, 4.69) is 5.32 Å². The van der Waals surface area contributed by atoms with Crippen LogP contribution in [0.4, 0.5) is 5.69 Å². The number of hydrogen-bond donors (Lipinski definition) is 1. The molecule has 1 amide bonds. The molecular formula is C17H22NO3-. The van der Waals surface area contributed by atoms with E-state index in [1.807, 2.05) is 45.0 Å². The van der Waals surface area contributed by atoms with Crippen LogP contribution in [0.3, 0.4) is 0 Å². The molecule has 1 fully saturated rings. The Hall–Kier alpha value is -1.84. The Labute approximate surface area is 125 Å². The lowest BCUT2D eigenvalue weighted by Gasteiger charge is -2.41. The summed E-state index contributed by atoms with van der Waals surface area (Å²) in [6.07, 6.45) is 1.03. The summed E-state index contributed by atoms with van der Waals surface area (Å²) in [5, 5.41) is 14.4. The number of anilines is 1. The van der Waals surface area contributed by atoms with Gasteiger partial charge in [0, 0.05) is 23.0 Å². The first-order valence-electron chi connectivity index (χ1n) is 7.28. The van der Waals surface area contributed by atoms with Crippen molar-refractivity contribution in [1.82, 2.24) is 0 Å². The summed E-state index contributed by atoms with van der Waals surface area (Å²) in [6, 6.07) is 7.57. The number of nitrogens with one attached hydrogen (secondary N) is 1. The zero-order chi connectivity index (χ0) is 15.8. The first-order chi connectivity index (χ1) is 9.70. The maximum absolute atomic E-state index is 12.6. The van der Waals surface area contributed by atoms with Gasteiger partial charge in [-0.2, -0.15) is 0 Å². The van der Waals surface area contributed by atoms with Gasteiger partial charge in [0.15, 0.2) is 0 Å². The number of hydrogen-bond acceptors (Lipinski definition) is 3. The van der Waals surface area contributed by atoms with Crippen molar-refractivity contribution in [3.63, 3.8) is 0 Å². The Morgan fingerprint density at radius 2 is 1.86 bits per heavy atom. The number of amides is 1. The predicted molar refractivity (Wildman–Crippen MR) is 79.4 cm³/mol. The highest BCUT2D eigenvalue weighted by Gasteiger charge is 2.54. The number of benzene rings is 1. The lowest BCUT2D eigenvalue weighted by atomic mass is 9.65. The maximum atomic E-state index is 12.6. The fourth-order valence-corrected chi connectivity index (χ4v) is 3.26. The lowest BCUT2D eigenvalue weighted by molar-refractivity contribution is -0.323. The second kappa shape index (κ2) is 5.17. The van der Waals surface area contributed by atoms with Crippen molar-refractivity contribution in [2.45, 2.75) is 40.5 Å². The monoisotopic (exact) mass is 288 g/mol. The number of carboxylic acid groups (broad SMARTS) is 1. The molecule has 2 atom stereocenters. The van der Waals surface area contributed by atoms with Crippen molar-refractivity contribution in [3.05, 3.63) is 29.8 Å². The molecule has 4 nitrogen and oxygen atoms in total. The topological polar surface area (TPSA) is 69.2 Å². The van der Waals surface area contributed by atoms with E-state index in [0.717, 1.165) is 11.3 Å². The van der Waals surface area contributed by atoms with Crippen LogP contribution in [-0.4, -0.2) is 11.9 Å². The molecule has 0 saturated heterocycles. The molecular weight excluding hydrogens is 266 g/mol. The van der Waals surface area contributed by atoms with Gasteiger partial charge < -0.3 is 15.2 Å². The molecule has 1 aliphatic rings. The van der Waals surface area contributed by atoms with E-state index < -0.39 is 16.8 Å². The van der Waals surface area contributed by atoms with Gasteiger partial charge in [-0.25, -0.2) is 0 Å². The summed E-state index contributed by atoms with van der Waals surface area (Å²) in [7, 11) is 0. The van der Waals surface area contributed by atoms with E-state index in [4.69, 9.17) is 0 Å². The van der Waals surface area contributed by atoms with Crippen LogP contribution in [0.2, 0.25) is 0 Å². The highest BCUT2D eigenvalue weighted by Crippen LogP contribution is 2.55. The first kappa shape index (κ1) is 15.5. The van der Waals surface area contributed by atoms with Crippen LogP contribution in [0.25, 0.3) is 0 Å². The smallest absolute Gasteiger partial charge is 0.228 e. The third-order valence-electron chi connectivity index (χ3n) is 5.40. The van der Waals surface area contributed by atoms with E-state index in [-0.39, 0.29) is 11.8 Å². The molecule has 1 aromatic rings. The van der Waals surface area contributed by atoms with E-state index in [1.54, 1.807) is 6.92 Å². The summed E-state index contributed by atoms with van der Waals surface area (Å²) in [4.78, 5) is 24.0. The predicted octanol–water partition coefficient (Wildman–Crippen LogP) is 2.13. The van der Waals surface area contributed by atoms with Crippen LogP contribution >= 0.6 is 0 Å². The largest absolute Gasteiger partial charge is 0.550 e. The minimum absolute atomic E-state index is 0.112. The zero-order valence-corrected chi connectivity index (χ0v) is 13.0. The fourth-order valence-electron chi connectivity index (χ4n) is 3.26. The van der Waals surface area contributed by atoms with Crippen molar-refractivity contribution in [2.75, 3.05) is 5.32 Å². The Bertz CT molecular complexity index is 579. The molecule has 0 unspecified atom stereocenters. The van der Waals surface area contributed by atoms with Gasteiger partial charge in [0.25, 0.3) is 0 Å². The SMILES string of the molecule is Cc1ccccc1NC(=O)[C@@H]1CC[C@@](C)(C(=O)[O-])C1(C)C. The van der Waals surface area contributed by atoms with E-state index in [1.165, 1.54) is 0 Å². The Morgan fingerprint density at radius 3 is 2.38 bits per heavy atom. The normalized spacial score (nSPS) is 27.3. The van der Waals surface area contributed by atoms with Crippen LogP contribution in [0.1, 0.15) is 39.2 Å². The van der Waals surface area contributed by atoms with Crippen molar-refractivity contribution in [2.24, 2.45) is 16.7 Å². The summed E-state index contributed by atoms with van der Waals surface area (Å²) in [6.45, 7) is 7.31. The molecule has 0 spiro atoms. The van der Waals surface area contributed by atoms with Crippen LogP contribution < -0.4 is 10.4 Å². The molecule has 1 N–H and O–H groups in total. The second-order valence-electron chi connectivity index (χ2n) is 6.74. The highest BCUT2D eigenvalue weighted by molar-refractivity contribution is 5.94. The molecule has 21 heavy (non-hydrogen) atoms. The van der Waals surface area contributed by atoms with Crippen LogP contribution in [0, 0.1) is 23.7 Å². The number of carbonyl (C=O) groups is 2. The molecule has 4 heteroatoms. The summed E-state index contributed by atoms with van der Waals surface area (Å²) in [5.74, 6) is -1.52. The van der Waals surface area contributed by atoms with Crippen molar-refractivity contribution in [3.8, 4) is 0 Å². The molecule has 0 radical (unpaired) electrons. The maximum Gasteiger partial charge on any atom is 0.228 e. The summed E-state index contributed by atoms with van der Waals surface area (Å²) >= 11 is 0. The molecule has 0 aliphatic heterocycles. The van der Waals surface area contributed by atoms with Gasteiger partial charge >= 0.3 is 0 Å². The van der Waals surface area contributed by atoms with Gasteiger partial charge in [-0.15, -0.1) is 0 Å². The number of para-hydroxylation sites is 1. The fraction of sp³-hybridized carbons (Fsp3) is 0.529. The molecule has 1 saturated carbocycles. The van der Waals surface area contributed by atoms with Gasteiger partial charge in [-0.1, -0.05) is 39.0 Å². The van der Waals surface area contributed by atoms with Crippen molar-refractivity contribution < 1.29 is 14.7 Å². The quantitative estimate of drug-likeness (QED) is 0.926. The first-order valence-corrected chi connectivity index (χ1v) is 7.28. The number of aliphatic carboxylic acids is 1. The Morgan fingerprint density at radius 1 is 1.24 bits per heavy atom. The number of aryl methyl sites for hydroxylation is 1. The summed E-state index contributed by atoms with van der Waals surface area (Å²) < 4.78 is 0. The van der Waals surface area contributed by atoms with Gasteiger partial charge in [-0.05, 0) is 36.8 Å². The molecule has 0 aromatic heterocycles. The number of rotatable bonds is 3. The van der Waals surface area contributed by atoms with Crippen molar-refractivity contribution in [1.29, 1.82) is 0 Å². The van der Waals surface area contributed by atoms with Gasteiger partial charge in [0.1, 0.15) is 0 Å². The molecule has 0 bridgehead atoms. The minimum Gasteiger partial charge on any atom is -0.550 e.